The molecule has 0 aromatic carbocycles. The Morgan fingerprint density at radius 2 is 2.00 bits per heavy atom. The Kier molecular flexibility index (Phi) is 4.56. The van der Waals surface area contributed by atoms with Crippen LogP contribution in [0.4, 0.5) is 4.79 Å². The topological polar surface area (TPSA) is 93.1 Å². The van der Waals surface area contributed by atoms with Crippen molar-refractivity contribution >= 4 is 18.5 Å². The summed E-state index contributed by atoms with van der Waals surface area (Å²) in [6, 6.07) is 0. The van der Waals surface area contributed by atoms with Gasteiger partial charge in [-0.1, -0.05) is 0 Å². The van der Waals surface area contributed by atoms with E-state index in [-0.39, 0.29) is 19.2 Å². The van der Waals surface area contributed by atoms with Gasteiger partial charge < -0.3 is 19.5 Å². The van der Waals surface area contributed by atoms with E-state index in [2.05, 4.69) is 9.47 Å². The number of amides is 1. The Morgan fingerprint density at radius 3 is 2.50 bits per heavy atom. The molecule has 0 aromatic rings. The quantitative estimate of drug-likeness (QED) is 0.318. The van der Waals surface area contributed by atoms with Gasteiger partial charge in [0, 0.05) is 13.1 Å². The second-order valence-corrected chi connectivity index (χ2v) is 3.39. The zero-order valence-electron chi connectivity index (χ0n) is 8.63. The lowest BCUT2D eigenvalue weighted by atomic mass is 9.97. The molecule has 90 valence electrons. The van der Waals surface area contributed by atoms with Gasteiger partial charge in [-0.25, -0.2) is 4.79 Å². The van der Waals surface area contributed by atoms with Gasteiger partial charge in [-0.05, 0) is 12.8 Å². The molecular formula is C9H13NO6. The molecule has 0 spiro atoms. The third kappa shape index (κ3) is 3.41. The normalized spacial score (nSPS) is 16.6. The first-order chi connectivity index (χ1) is 7.65. The fraction of sp³-hybridized carbons (Fsp3) is 0.667. The molecule has 1 aliphatic heterocycles. The van der Waals surface area contributed by atoms with Crippen LogP contribution in [0.3, 0.4) is 0 Å². The van der Waals surface area contributed by atoms with Crippen LogP contribution in [-0.2, 0) is 19.1 Å². The molecule has 16 heavy (non-hydrogen) atoms. The van der Waals surface area contributed by atoms with Crippen molar-refractivity contribution in [2.24, 2.45) is 5.92 Å². The maximum absolute atomic E-state index is 11.4. The van der Waals surface area contributed by atoms with E-state index < -0.39 is 12.1 Å². The van der Waals surface area contributed by atoms with Crippen LogP contribution in [-0.4, -0.2) is 48.4 Å². The molecule has 1 aliphatic rings. The number of rotatable bonds is 4. The van der Waals surface area contributed by atoms with E-state index in [4.69, 9.17) is 5.11 Å². The lowest BCUT2D eigenvalue weighted by Gasteiger charge is -2.28. The van der Waals surface area contributed by atoms with Crippen molar-refractivity contribution in [3.05, 3.63) is 0 Å². The van der Waals surface area contributed by atoms with Crippen molar-refractivity contribution in [3.63, 3.8) is 0 Å². The van der Waals surface area contributed by atoms with Crippen LogP contribution < -0.4 is 0 Å². The van der Waals surface area contributed by atoms with E-state index in [0.717, 1.165) is 0 Å². The third-order valence-corrected chi connectivity index (χ3v) is 2.44. The summed E-state index contributed by atoms with van der Waals surface area (Å²) in [5.41, 5.74) is 0. The van der Waals surface area contributed by atoms with Crippen molar-refractivity contribution in [1.29, 1.82) is 0 Å². The standard InChI is InChI=1S/C9H13NO6/c11-5-15-6-16-8(12)7-1-3-10(4-2-7)9(13)14/h5,7H,1-4,6H2,(H,13,14). The van der Waals surface area contributed by atoms with Crippen LogP contribution in [0.5, 0.6) is 0 Å². The lowest BCUT2D eigenvalue weighted by molar-refractivity contribution is -0.165. The Bertz CT molecular complexity index is 271. The van der Waals surface area contributed by atoms with E-state index in [1.54, 1.807) is 0 Å². The van der Waals surface area contributed by atoms with Gasteiger partial charge in [-0.2, -0.15) is 0 Å². The zero-order chi connectivity index (χ0) is 12.0. The molecule has 0 aromatic heterocycles. The first kappa shape index (κ1) is 12.3. The molecule has 0 aliphatic carbocycles. The summed E-state index contributed by atoms with van der Waals surface area (Å²) in [5.74, 6) is -0.766. The minimum atomic E-state index is -0.976. The molecular weight excluding hydrogens is 218 g/mol. The fourth-order valence-corrected chi connectivity index (χ4v) is 1.54. The summed E-state index contributed by atoms with van der Waals surface area (Å²) >= 11 is 0. The highest BCUT2D eigenvalue weighted by molar-refractivity contribution is 5.73. The number of carbonyl (C=O) groups is 3. The Morgan fingerprint density at radius 1 is 1.38 bits per heavy atom. The van der Waals surface area contributed by atoms with E-state index in [1.165, 1.54) is 4.90 Å². The SMILES string of the molecule is O=COCOC(=O)C1CCN(C(=O)O)CC1. The van der Waals surface area contributed by atoms with E-state index in [0.29, 0.717) is 25.9 Å². The molecule has 0 atom stereocenters. The largest absolute Gasteiger partial charge is 0.465 e. The molecule has 0 radical (unpaired) electrons. The monoisotopic (exact) mass is 231 g/mol. The van der Waals surface area contributed by atoms with Gasteiger partial charge in [0.1, 0.15) is 0 Å². The van der Waals surface area contributed by atoms with Crippen LogP contribution >= 0.6 is 0 Å². The summed E-state index contributed by atoms with van der Waals surface area (Å²) < 4.78 is 8.89. The number of carbonyl (C=O) groups excluding carboxylic acids is 2. The number of hydrogen-bond donors (Lipinski definition) is 1. The Balaban J connectivity index is 2.27. The van der Waals surface area contributed by atoms with E-state index in [1.807, 2.05) is 0 Å². The molecule has 0 saturated carbocycles. The summed E-state index contributed by atoms with van der Waals surface area (Å²) in [4.78, 5) is 33.0. The van der Waals surface area contributed by atoms with Gasteiger partial charge in [0.05, 0.1) is 5.92 Å². The minimum absolute atomic E-state index is 0.195. The van der Waals surface area contributed by atoms with Gasteiger partial charge in [0.2, 0.25) is 6.79 Å². The van der Waals surface area contributed by atoms with Crippen LogP contribution in [0.15, 0.2) is 0 Å². The number of likely N-dealkylation sites (tertiary alicyclic amines) is 1. The summed E-state index contributed by atoms with van der Waals surface area (Å²) in [6.07, 6.45) is -0.102. The number of piperidine rings is 1. The molecule has 0 unspecified atom stereocenters. The predicted octanol–water partition coefficient (Wildman–Crippen LogP) is 0.0501. The van der Waals surface area contributed by atoms with Crippen molar-refractivity contribution in [2.45, 2.75) is 12.8 Å². The third-order valence-electron chi connectivity index (χ3n) is 2.44. The average Bonchev–Trinajstić information content (AvgIpc) is 2.29. The maximum atomic E-state index is 11.4. The average molecular weight is 231 g/mol. The van der Waals surface area contributed by atoms with Crippen LogP contribution in [0.2, 0.25) is 0 Å². The minimum Gasteiger partial charge on any atom is -0.465 e. The zero-order valence-corrected chi connectivity index (χ0v) is 8.63. The Labute approximate surface area is 91.9 Å². The highest BCUT2D eigenvalue weighted by atomic mass is 16.7. The van der Waals surface area contributed by atoms with Crippen LogP contribution in [0, 0.1) is 5.92 Å². The van der Waals surface area contributed by atoms with Gasteiger partial charge in [0.25, 0.3) is 6.47 Å². The van der Waals surface area contributed by atoms with Crippen molar-refractivity contribution in [2.75, 3.05) is 19.9 Å². The van der Waals surface area contributed by atoms with Crippen molar-refractivity contribution < 1.29 is 29.0 Å². The van der Waals surface area contributed by atoms with Gasteiger partial charge in [-0.15, -0.1) is 0 Å². The second-order valence-electron chi connectivity index (χ2n) is 3.39. The molecule has 1 rings (SSSR count). The molecule has 1 fully saturated rings. The fourth-order valence-electron chi connectivity index (χ4n) is 1.54. The maximum Gasteiger partial charge on any atom is 0.407 e. The van der Waals surface area contributed by atoms with Crippen LogP contribution in [0.1, 0.15) is 12.8 Å². The summed E-state index contributed by atoms with van der Waals surface area (Å²) in [5, 5.41) is 8.69. The summed E-state index contributed by atoms with van der Waals surface area (Å²) in [7, 11) is 0. The molecule has 1 N–H and O–H groups in total. The highest BCUT2D eigenvalue weighted by Crippen LogP contribution is 2.18. The van der Waals surface area contributed by atoms with Gasteiger partial charge >= 0.3 is 12.1 Å². The van der Waals surface area contributed by atoms with Crippen LogP contribution in [0.25, 0.3) is 0 Å². The lowest BCUT2D eigenvalue weighted by Crippen LogP contribution is -2.39. The molecule has 7 nitrogen and oxygen atoms in total. The first-order valence-corrected chi connectivity index (χ1v) is 4.85. The number of ether oxygens (including phenoxy) is 2. The highest BCUT2D eigenvalue weighted by Gasteiger charge is 2.28. The summed E-state index contributed by atoms with van der Waals surface area (Å²) in [6.45, 7) is 0.453. The van der Waals surface area contributed by atoms with Crippen molar-refractivity contribution in [1.82, 2.24) is 4.90 Å². The molecule has 1 saturated heterocycles. The van der Waals surface area contributed by atoms with Gasteiger partial charge in [0.15, 0.2) is 0 Å². The van der Waals surface area contributed by atoms with Crippen molar-refractivity contribution in [3.8, 4) is 0 Å². The number of hydrogen-bond acceptors (Lipinski definition) is 5. The molecule has 7 heteroatoms. The first-order valence-electron chi connectivity index (χ1n) is 4.85. The number of carboxylic acid groups (broad SMARTS) is 1. The van der Waals surface area contributed by atoms with E-state index >= 15 is 0 Å². The number of esters is 1. The second kappa shape index (κ2) is 5.94. The van der Waals surface area contributed by atoms with E-state index in [9.17, 15) is 14.4 Å². The molecule has 1 amide bonds. The molecule has 1 heterocycles. The smallest absolute Gasteiger partial charge is 0.407 e. The van der Waals surface area contributed by atoms with Gasteiger partial charge in [-0.3, -0.25) is 9.59 Å². The number of nitrogens with zero attached hydrogens (tertiary/aromatic N) is 1. The predicted molar refractivity (Wildman–Crippen MR) is 50.4 cm³/mol. The Hall–Kier alpha value is -1.79. The molecule has 0 bridgehead atoms.